The van der Waals surface area contributed by atoms with Gasteiger partial charge < -0.3 is 4.74 Å². The summed E-state index contributed by atoms with van der Waals surface area (Å²) in [7, 11) is 2.89. The van der Waals surface area contributed by atoms with E-state index in [1.165, 1.54) is 19.2 Å². The van der Waals surface area contributed by atoms with Crippen LogP contribution in [0.25, 0.3) is 0 Å². The summed E-state index contributed by atoms with van der Waals surface area (Å²) in [4.78, 5) is 11.3. The third-order valence-electron chi connectivity index (χ3n) is 2.88. The average molecular weight is 275 g/mol. The molecular formula is C11H11ClO4S. The monoisotopic (exact) mass is 274 g/mol. The van der Waals surface area contributed by atoms with Crippen LogP contribution in [0.15, 0.2) is 29.2 Å². The summed E-state index contributed by atoms with van der Waals surface area (Å²) in [5.74, 6) is -0.183. The summed E-state index contributed by atoms with van der Waals surface area (Å²) >= 11 is 0. The molecule has 1 aliphatic carbocycles. The number of methoxy groups -OCH3 is 1. The molecule has 1 aliphatic rings. The van der Waals surface area contributed by atoms with Gasteiger partial charge in [-0.3, -0.25) is 4.79 Å². The van der Waals surface area contributed by atoms with Gasteiger partial charge in [0.2, 0.25) is 0 Å². The lowest BCUT2D eigenvalue weighted by atomic mass is 10.1. The topological polar surface area (TPSA) is 60.4 Å². The van der Waals surface area contributed by atoms with Crippen molar-refractivity contribution in [2.75, 3.05) is 7.11 Å². The van der Waals surface area contributed by atoms with Gasteiger partial charge in [0.25, 0.3) is 9.05 Å². The molecule has 0 saturated heterocycles. The normalized spacial score (nSPS) is 23.2. The first-order valence-corrected chi connectivity index (χ1v) is 7.37. The van der Waals surface area contributed by atoms with Gasteiger partial charge in [0, 0.05) is 10.7 Å². The van der Waals surface area contributed by atoms with Crippen molar-refractivity contribution in [1.29, 1.82) is 0 Å². The van der Waals surface area contributed by atoms with Crippen LogP contribution in [0.5, 0.6) is 0 Å². The van der Waals surface area contributed by atoms with Gasteiger partial charge in [-0.05, 0) is 30.0 Å². The number of benzene rings is 1. The minimum Gasteiger partial charge on any atom is -0.469 e. The van der Waals surface area contributed by atoms with Gasteiger partial charge in [0.1, 0.15) is 0 Å². The van der Waals surface area contributed by atoms with Crippen LogP contribution in [0.2, 0.25) is 0 Å². The van der Waals surface area contributed by atoms with Crippen molar-refractivity contribution in [2.24, 2.45) is 5.92 Å². The van der Waals surface area contributed by atoms with Crippen LogP contribution < -0.4 is 0 Å². The van der Waals surface area contributed by atoms with Crippen molar-refractivity contribution < 1.29 is 17.9 Å². The van der Waals surface area contributed by atoms with Crippen LogP contribution in [0.3, 0.4) is 0 Å². The van der Waals surface area contributed by atoms with Gasteiger partial charge in [-0.1, -0.05) is 12.1 Å². The van der Waals surface area contributed by atoms with E-state index in [9.17, 15) is 13.2 Å². The SMILES string of the molecule is COC(=O)[C@@H]1CC1c1ccc(S(=O)(=O)Cl)cc1. The lowest BCUT2D eigenvalue weighted by Crippen LogP contribution is -2.03. The molecule has 1 aromatic carbocycles. The Morgan fingerprint density at radius 2 is 1.94 bits per heavy atom. The highest BCUT2D eigenvalue weighted by Crippen LogP contribution is 2.48. The van der Waals surface area contributed by atoms with E-state index in [0.29, 0.717) is 0 Å². The van der Waals surface area contributed by atoms with Crippen LogP contribution in [0, 0.1) is 5.92 Å². The van der Waals surface area contributed by atoms with E-state index >= 15 is 0 Å². The quantitative estimate of drug-likeness (QED) is 0.624. The highest BCUT2D eigenvalue weighted by Gasteiger charge is 2.44. The first-order chi connectivity index (χ1) is 7.93. The summed E-state index contributed by atoms with van der Waals surface area (Å²) in [5, 5.41) is 0. The first-order valence-electron chi connectivity index (χ1n) is 5.06. The van der Waals surface area contributed by atoms with Crippen molar-refractivity contribution in [3.8, 4) is 0 Å². The lowest BCUT2D eigenvalue weighted by molar-refractivity contribution is -0.142. The Kier molecular flexibility index (Phi) is 3.14. The second-order valence-electron chi connectivity index (χ2n) is 3.98. The second-order valence-corrected chi connectivity index (χ2v) is 6.54. The highest BCUT2D eigenvalue weighted by molar-refractivity contribution is 8.13. The van der Waals surface area contributed by atoms with E-state index in [1.807, 2.05) is 0 Å². The minimum atomic E-state index is -3.68. The summed E-state index contributed by atoms with van der Waals surface area (Å²) in [6.07, 6.45) is 0.750. The fraction of sp³-hybridized carbons (Fsp3) is 0.364. The Morgan fingerprint density at radius 3 is 2.41 bits per heavy atom. The van der Waals surface area contributed by atoms with Crippen LogP contribution >= 0.6 is 10.7 Å². The van der Waals surface area contributed by atoms with E-state index in [0.717, 1.165) is 12.0 Å². The van der Waals surface area contributed by atoms with Gasteiger partial charge in [0.15, 0.2) is 0 Å². The zero-order valence-electron chi connectivity index (χ0n) is 9.09. The fourth-order valence-corrected chi connectivity index (χ4v) is 2.62. The van der Waals surface area contributed by atoms with Crippen LogP contribution in [0.4, 0.5) is 0 Å². The molecule has 92 valence electrons. The lowest BCUT2D eigenvalue weighted by Gasteiger charge is -2.01. The molecule has 1 saturated carbocycles. The fourth-order valence-electron chi connectivity index (χ4n) is 1.85. The van der Waals surface area contributed by atoms with Crippen molar-refractivity contribution in [3.05, 3.63) is 29.8 Å². The molecule has 0 aliphatic heterocycles. The molecular weight excluding hydrogens is 264 g/mol. The molecule has 0 aromatic heterocycles. The standard InChI is InChI=1S/C11H11ClO4S/c1-16-11(13)10-6-9(10)7-2-4-8(5-3-7)17(12,14)15/h2-5,9-10H,6H2,1H3/t9?,10-/m1/s1. The molecule has 1 unspecified atom stereocenters. The Balaban J connectivity index is 2.14. The third kappa shape index (κ3) is 2.61. The van der Waals surface area contributed by atoms with Gasteiger partial charge in [0.05, 0.1) is 17.9 Å². The Labute approximate surface area is 104 Å². The van der Waals surface area contributed by atoms with Crippen molar-refractivity contribution in [2.45, 2.75) is 17.2 Å². The maximum atomic E-state index is 11.2. The van der Waals surface area contributed by atoms with Crippen molar-refractivity contribution in [3.63, 3.8) is 0 Å². The molecule has 0 N–H and O–H groups in total. The maximum absolute atomic E-state index is 11.2. The average Bonchev–Trinajstić information content (AvgIpc) is 3.07. The summed E-state index contributed by atoms with van der Waals surface area (Å²) in [5.41, 5.74) is 0.935. The van der Waals surface area contributed by atoms with E-state index in [4.69, 9.17) is 10.7 Å². The summed E-state index contributed by atoms with van der Waals surface area (Å²) < 4.78 is 26.7. The number of ether oxygens (including phenoxy) is 1. The van der Waals surface area contributed by atoms with Gasteiger partial charge in [-0.25, -0.2) is 8.42 Å². The summed E-state index contributed by atoms with van der Waals surface area (Å²) in [6.45, 7) is 0. The van der Waals surface area contributed by atoms with Gasteiger partial charge in [-0.2, -0.15) is 0 Å². The zero-order chi connectivity index (χ0) is 12.6. The van der Waals surface area contributed by atoms with Crippen molar-refractivity contribution in [1.82, 2.24) is 0 Å². The number of esters is 1. The molecule has 0 spiro atoms. The molecule has 1 fully saturated rings. The maximum Gasteiger partial charge on any atom is 0.309 e. The van der Waals surface area contributed by atoms with Crippen LogP contribution in [-0.2, 0) is 18.6 Å². The molecule has 6 heteroatoms. The van der Waals surface area contributed by atoms with E-state index in [2.05, 4.69) is 4.74 Å². The first kappa shape index (κ1) is 12.4. The number of halogens is 1. The number of carbonyl (C=O) groups excluding carboxylic acids is 1. The smallest absolute Gasteiger partial charge is 0.309 e. The van der Waals surface area contributed by atoms with Crippen LogP contribution in [0.1, 0.15) is 17.9 Å². The molecule has 0 bridgehead atoms. The van der Waals surface area contributed by atoms with Gasteiger partial charge >= 0.3 is 5.97 Å². The molecule has 0 heterocycles. The molecule has 0 radical (unpaired) electrons. The molecule has 17 heavy (non-hydrogen) atoms. The van der Waals surface area contributed by atoms with Gasteiger partial charge in [-0.15, -0.1) is 0 Å². The van der Waals surface area contributed by atoms with E-state index < -0.39 is 9.05 Å². The second kappa shape index (κ2) is 4.31. The number of rotatable bonds is 3. The zero-order valence-corrected chi connectivity index (χ0v) is 10.7. The molecule has 1 aromatic rings. The number of carbonyl (C=O) groups is 1. The predicted octanol–water partition coefficient (Wildman–Crippen LogP) is 1.89. The minimum absolute atomic E-state index is 0.0678. The van der Waals surface area contributed by atoms with E-state index in [1.54, 1.807) is 12.1 Å². The summed E-state index contributed by atoms with van der Waals surface area (Å²) in [6, 6.07) is 6.26. The Morgan fingerprint density at radius 1 is 1.35 bits per heavy atom. The molecule has 0 amide bonds. The molecule has 4 nitrogen and oxygen atoms in total. The highest BCUT2D eigenvalue weighted by atomic mass is 35.7. The predicted molar refractivity (Wildman–Crippen MR) is 62.3 cm³/mol. The Bertz CT molecular complexity index is 535. The molecule has 2 rings (SSSR count). The van der Waals surface area contributed by atoms with E-state index in [-0.39, 0.29) is 22.7 Å². The van der Waals surface area contributed by atoms with Crippen molar-refractivity contribution >= 4 is 25.7 Å². The Hall–Kier alpha value is -1.07. The van der Waals surface area contributed by atoms with Crippen LogP contribution in [-0.4, -0.2) is 21.5 Å². The largest absolute Gasteiger partial charge is 0.469 e. The number of hydrogen-bond acceptors (Lipinski definition) is 4. The number of hydrogen-bond donors (Lipinski definition) is 0. The molecule has 2 atom stereocenters. The third-order valence-corrected chi connectivity index (χ3v) is 4.25.